The Balaban J connectivity index is 1.46. The molecule has 1 heterocycles. The van der Waals surface area contributed by atoms with Crippen LogP contribution >= 0.6 is 0 Å². The number of aliphatic hydroxyl groups excluding tert-OH is 1. The Labute approximate surface area is 193 Å². The lowest BCUT2D eigenvalue weighted by Crippen LogP contribution is -2.59. The molecule has 5 nitrogen and oxygen atoms in total. The summed E-state index contributed by atoms with van der Waals surface area (Å²) in [6, 6.07) is 28.9. The summed E-state index contributed by atoms with van der Waals surface area (Å²) in [5.74, 6) is 0. The van der Waals surface area contributed by atoms with Crippen molar-refractivity contribution in [2.24, 2.45) is 0 Å². The lowest BCUT2D eigenvalue weighted by molar-refractivity contribution is -0.288. The molecular formula is C27H29FO5. The molecule has 0 radical (unpaired) electrons. The molecule has 0 spiro atoms. The molecule has 1 aliphatic heterocycles. The summed E-state index contributed by atoms with van der Waals surface area (Å²) >= 11 is 0. The van der Waals surface area contributed by atoms with Crippen LogP contribution in [0.4, 0.5) is 4.39 Å². The Morgan fingerprint density at radius 1 is 0.667 bits per heavy atom. The third-order valence-corrected chi connectivity index (χ3v) is 5.56. The minimum Gasteiger partial charge on any atom is -0.385 e. The number of rotatable bonds is 10. The fourth-order valence-electron chi connectivity index (χ4n) is 3.81. The Bertz CT molecular complexity index is 941. The summed E-state index contributed by atoms with van der Waals surface area (Å²) in [6.45, 7) is 0.963. The molecule has 1 fully saturated rings. The van der Waals surface area contributed by atoms with Gasteiger partial charge in [-0.2, -0.15) is 0 Å². The summed E-state index contributed by atoms with van der Waals surface area (Å²) in [6.07, 6.45) is -5.74. The van der Waals surface area contributed by atoms with Crippen molar-refractivity contribution < 1.29 is 28.4 Å². The predicted molar refractivity (Wildman–Crippen MR) is 122 cm³/mol. The van der Waals surface area contributed by atoms with Crippen LogP contribution in [-0.2, 0) is 38.8 Å². The number of ether oxygens (including phenoxy) is 4. The van der Waals surface area contributed by atoms with Gasteiger partial charge in [-0.1, -0.05) is 91.0 Å². The van der Waals surface area contributed by atoms with Gasteiger partial charge < -0.3 is 24.1 Å². The molecule has 1 aliphatic rings. The van der Waals surface area contributed by atoms with E-state index in [0.29, 0.717) is 6.61 Å². The lowest BCUT2D eigenvalue weighted by atomic mass is 9.98. The molecule has 174 valence electrons. The Morgan fingerprint density at radius 3 is 1.64 bits per heavy atom. The molecule has 4 rings (SSSR count). The van der Waals surface area contributed by atoms with Gasteiger partial charge in [-0.3, -0.25) is 0 Å². The van der Waals surface area contributed by atoms with E-state index < -0.39 is 30.8 Å². The van der Waals surface area contributed by atoms with E-state index in [1.165, 1.54) is 0 Å². The van der Waals surface area contributed by atoms with Gasteiger partial charge >= 0.3 is 0 Å². The lowest BCUT2D eigenvalue weighted by Gasteiger charge is -2.42. The van der Waals surface area contributed by atoms with Gasteiger partial charge in [-0.15, -0.1) is 0 Å². The topological polar surface area (TPSA) is 57.2 Å². The van der Waals surface area contributed by atoms with Crippen LogP contribution in [0, 0.1) is 0 Å². The van der Waals surface area contributed by atoms with E-state index in [2.05, 4.69) is 0 Å². The normalized spacial score (nSPS) is 25.1. The van der Waals surface area contributed by atoms with Gasteiger partial charge in [0.2, 0.25) is 6.36 Å². The SMILES string of the molecule is OC1[C@H](F)OC(COCc2ccccc2)[C@H](OCc2ccccc2)[C@@H]1OCc1ccccc1. The fourth-order valence-corrected chi connectivity index (χ4v) is 3.81. The molecule has 0 amide bonds. The molecule has 0 aliphatic carbocycles. The average molecular weight is 453 g/mol. The number of halogens is 1. The summed E-state index contributed by atoms with van der Waals surface area (Å²) in [4.78, 5) is 0. The van der Waals surface area contributed by atoms with E-state index in [1.807, 2.05) is 91.0 Å². The summed E-state index contributed by atoms with van der Waals surface area (Å²) in [7, 11) is 0. The molecule has 0 bridgehead atoms. The largest absolute Gasteiger partial charge is 0.385 e. The third kappa shape index (κ3) is 6.69. The van der Waals surface area contributed by atoms with Crippen molar-refractivity contribution in [3.8, 4) is 0 Å². The fraction of sp³-hybridized carbons (Fsp3) is 0.333. The first-order valence-electron chi connectivity index (χ1n) is 11.1. The van der Waals surface area contributed by atoms with Crippen LogP contribution in [0.3, 0.4) is 0 Å². The molecule has 2 unspecified atom stereocenters. The summed E-state index contributed by atoms with van der Waals surface area (Å²) in [5, 5.41) is 10.6. The second kappa shape index (κ2) is 12.0. The van der Waals surface area contributed by atoms with E-state index >= 15 is 0 Å². The highest BCUT2D eigenvalue weighted by molar-refractivity contribution is 5.15. The Morgan fingerprint density at radius 2 is 1.12 bits per heavy atom. The van der Waals surface area contributed by atoms with Crippen LogP contribution in [-0.4, -0.2) is 42.5 Å². The maximum atomic E-state index is 14.6. The zero-order chi connectivity index (χ0) is 22.9. The highest BCUT2D eigenvalue weighted by Crippen LogP contribution is 2.29. The highest BCUT2D eigenvalue weighted by Gasteiger charge is 2.47. The van der Waals surface area contributed by atoms with Gasteiger partial charge in [0.15, 0.2) is 0 Å². The Kier molecular flexibility index (Phi) is 8.58. The van der Waals surface area contributed by atoms with Gasteiger partial charge in [-0.05, 0) is 16.7 Å². The average Bonchev–Trinajstić information content (AvgIpc) is 2.86. The molecule has 0 saturated carbocycles. The molecule has 0 aromatic heterocycles. The van der Waals surface area contributed by atoms with Gasteiger partial charge in [0.1, 0.15) is 24.4 Å². The minimum absolute atomic E-state index is 0.104. The highest BCUT2D eigenvalue weighted by atomic mass is 19.1. The standard InChI is InChI=1S/C27H29FO5/c28-27-24(29)26(32-18-22-14-8-3-9-15-22)25(31-17-21-12-6-2-7-13-21)23(33-27)19-30-16-20-10-4-1-5-11-20/h1-15,23-27,29H,16-19H2/t23?,24?,25-,26+,27+/m0/s1. The van der Waals surface area contributed by atoms with E-state index in [-0.39, 0.29) is 19.8 Å². The van der Waals surface area contributed by atoms with Crippen LogP contribution in [0.5, 0.6) is 0 Å². The molecule has 3 aromatic rings. The minimum atomic E-state index is -1.90. The van der Waals surface area contributed by atoms with Crippen molar-refractivity contribution in [3.05, 3.63) is 108 Å². The summed E-state index contributed by atoms with van der Waals surface area (Å²) in [5.41, 5.74) is 2.88. The van der Waals surface area contributed by atoms with Gasteiger partial charge in [0.05, 0.1) is 26.4 Å². The number of hydrogen-bond donors (Lipinski definition) is 1. The quantitative estimate of drug-likeness (QED) is 0.493. The Hall–Kier alpha value is -2.61. The first-order valence-corrected chi connectivity index (χ1v) is 11.1. The molecule has 6 heteroatoms. The number of benzene rings is 3. The zero-order valence-corrected chi connectivity index (χ0v) is 18.3. The van der Waals surface area contributed by atoms with Crippen LogP contribution in [0.15, 0.2) is 91.0 Å². The zero-order valence-electron chi connectivity index (χ0n) is 18.3. The maximum Gasteiger partial charge on any atom is 0.228 e. The molecule has 3 aromatic carbocycles. The van der Waals surface area contributed by atoms with E-state index in [0.717, 1.165) is 16.7 Å². The molecular weight excluding hydrogens is 423 g/mol. The first-order chi connectivity index (χ1) is 16.2. The number of alkyl halides is 1. The van der Waals surface area contributed by atoms with Crippen molar-refractivity contribution in [2.75, 3.05) is 6.61 Å². The van der Waals surface area contributed by atoms with Crippen LogP contribution in [0.25, 0.3) is 0 Å². The second-order valence-corrected chi connectivity index (χ2v) is 8.04. The van der Waals surface area contributed by atoms with Crippen LogP contribution < -0.4 is 0 Å². The molecule has 1 N–H and O–H groups in total. The van der Waals surface area contributed by atoms with Crippen molar-refractivity contribution in [3.63, 3.8) is 0 Å². The van der Waals surface area contributed by atoms with E-state index in [9.17, 15) is 9.50 Å². The second-order valence-electron chi connectivity index (χ2n) is 8.04. The molecule has 1 saturated heterocycles. The molecule has 5 atom stereocenters. The van der Waals surface area contributed by atoms with Crippen molar-refractivity contribution in [1.82, 2.24) is 0 Å². The van der Waals surface area contributed by atoms with Crippen molar-refractivity contribution in [1.29, 1.82) is 0 Å². The van der Waals surface area contributed by atoms with Crippen molar-refractivity contribution >= 4 is 0 Å². The molecule has 33 heavy (non-hydrogen) atoms. The van der Waals surface area contributed by atoms with Gasteiger partial charge in [0, 0.05) is 0 Å². The maximum absolute atomic E-state index is 14.6. The number of aliphatic hydroxyl groups is 1. The summed E-state index contributed by atoms with van der Waals surface area (Å²) < 4.78 is 38.1. The predicted octanol–water partition coefficient (Wildman–Crippen LogP) is 4.43. The van der Waals surface area contributed by atoms with Gasteiger partial charge in [-0.25, -0.2) is 4.39 Å². The van der Waals surface area contributed by atoms with Crippen LogP contribution in [0.1, 0.15) is 16.7 Å². The van der Waals surface area contributed by atoms with Crippen LogP contribution in [0.2, 0.25) is 0 Å². The smallest absolute Gasteiger partial charge is 0.228 e. The first kappa shape index (κ1) is 23.5. The number of hydrogen-bond acceptors (Lipinski definition) is 5. The monoisotopic (exact) mass is 452 g/mol. The van der Waals surface area contributed by atoms with Gasteiger partial charge in [0.25, 0.3) is 0 Å². The van der Waals surface area contributed by atoms with E-state index in [1.54, 1.807) is 0 Å². The van der Waals surface area contributed by atoms with Crippen molar-refractivity contribution in [2.45, 2.75) is 50.6 Å². The third-order valence-electron chi connectivity index (χ3n) is 5.56. The van der Waals surface area contributed by atoms with E-state index in [4.69, 9.17) is 18.9 Å².